The molecular weight excluding hydrogens is 320 g/mol. The Kier molecular flexibility index (Phi) is 4.06. The fraction of sp³-hybridized carbons (Fsp3) is 0.0769. The molecule has 9 nitrogen and oxygen atoms in total. The number of benzene rings is 1. The van der Waals surface area contributed by atoms with Gasteiger partial charge < -0.3 is 9.84 Å². The van der Waals surface area contributed by atoms with Crippen molar-refractivity contribution in [3.8, 4) is 5.75 Å². The number of methoxy groups -OCH3 is 1. The van der Waals surface area contributed by atoms with Crippen molar-refractivity contribution in [2.75, 3.05) is 12.4 Å². The van der Waals surface area contributed by atoms with Crippen molar-refractivity contribution in [3.63, 3.8) is 0 Å². The van der Waals surface area contributed by atoms with Gasteiger partial charge in [0, 0.05) is 12.4 Å². The van der Waals surface area contributed by atoms with Gasteiger partial charge in [-0.3, -0.25) is 5.32 Å². The van der Waals surface area contributed by atoms with Crippen LogP contribution in [0.25, 0.3) is 11.2 Å². The van der Waals surface area contributed by atoms with Crippen LogP contribution in [0.1, 0.15) is 0 Å². The topological polar surface area (TPSA) is 122 Å². The summed E-state index contributed by atoms with van der Waals surface area (Å²) < 4.78 is 8.59. The lowest BCUT2D eigenvalue weighted by molar-refractivity contribution is 0.187. The van der Waals surface area contributed by atoms with E-state index in [1.54, 1.807) is 18.5 Å². The molecule has 1 aromatic carbocycles. The van der Waals surface area contributed by atoms with Gasteiger partial charge in [-0.1, -0.05) is 0 Å². The minimum Gasteiger partial charge on any atom is -0.506 e. The zero-order chi connectivity index (χ0) is 16.2. The number of nitrogens with one attached hydrogen (secondary N) is 1. The van der Waals surface area contributed by atoms with Crippen LogP contribution in [0.2, 0.25) is 0 Å². The molecule has 10 heteroatoms. The number of rotatable bonds is 3. The van der Waals surface area contributed by atoms with Crippen molar-refractivity contribution in [1.29, 1.82) is 0 Å². The van der Waals surface area contributed by atoms with Gasteiger partial charge in [-0.05, 0) is 29.7 Å². The number of ether oxygens (including phenoxy) is 1. The first-order chi connectivity index (χ1) is 11.2. The maximum Gasteiger partial charge on any atom is 0.411 e. The molecule has 116 valence electrons. The van der Waals surface area contributed by atoms with Gasteiger partial charge in [0.25, 0.3) is 0 Å². The Hall–Kier alpha value is -3.14. The SMILES string of the molecule is COC(=O)Nc1cc(N=Nc2snc3nccnc23)ccc1O. The number of anilines is 1. The predicted molar refractivity (Wildman–Crippen MR) is 83.5 cm³/mol. The summed E-state index contributed by atoms with van der Waals surface area (Å²) in [6, 6.07) is 4.41. The lowest BCUT2D eigenvalue weighted by Crippen LogP contribution is -2.10. The monoisotopic (exact) mass is 330 g/mol. The Morgan fingerprint density at radius 2 is 2.13 bits per heavy atom. The van der Waals surface area contributed by atoms with Gasteiger partial charge in [0.05, 0.1) is 18.5 Å². The first kappa shape index (κ1) is 14.8. The number of nitrogens with zero attached hydrogens (tertiary/aromatic N) is 5. The summed E-state index contributed by atoms with van der Waals surface area (Å²) in [4.78, 5) is 19.4. The standard InChI is InChI=1S/C13H10N6O3S/c1-22-13(21)16-8-6-7(2-3-9(8)20)17-18-12-10-11(19-23-12)15-5-4-14-10/h2-6,20H,1H3,(H,16,21). The summed E-state index contributed by atoms with van der Waals surface area (Å²) in [5, 5.41) is 20.7. The van der Waals surface area contributed by atoms with Crippen LogP contribution in [0.5, 0.6) is 5.75 Å². The molecule has 1 amide bonds. The van der Waals surface area contributed by atoms with E-state index in [0.29, 0.717) is 21.9 Å². The Labute approximate surface area is 133 Å². The van der Waals surface area contributed by atoms with Crippen molar-refractivity contribution in [2.24, 2.45) is 10.2 Å². The molecule has 0 unspecified atom stereocenters. The Balaban J connectivity index is 1.87. The van der Waals surface area contributed by atoms with Crippen LogP contribution < -0.4 is 5.32 Å². The molecule has 2 N–H and O–H groups in total. The second kappa shape index (κ2) is 6.32. The molecule has 0 aliphatic heterocycles. The second-order valence-corrected chi connectivity index (χ2v) is 4.99. The van der Waals surface area contributed by atoms with Crippen LogP contribution in [0, 0.1) is 0 Å². The predicted octanol–water partition coefficient (Wildman–Crippen LogP) is 3.39. The molecular formula is C13H10N6O3S. The Morgan fingerprint density at radius 1 is 1.30 bits per heavy atom. The van der Waals surface area contributed by atoms with Gasteiger partial charge in [0.1, 0.15) is 11.3 Å². The summed E-state index contributed by atoms with van der Waals surface area (Å²) in [5.74, 6) is -0.108. The van der Waals surface area contributed by atoms with E-state index >= 15 is 0 Å². The number of fused-ring (bicyclic) bond motifs is 1. The van der Waals surface area contributed by atoms with Gasteiger partial charge in [0.15, 0.2) is 10.6 Å². The van der Waals surface area contributed by atoms with Gasteiger partial charge in [-0.15, -0.1) is 10.2 Å². The van der Waals surface area contributed by atoms with Gasteiger partial charge in [-0.25, -0.2) is 14.8 Å². The maximum atomic E-state index is 11.2. The normalized spacial score (nSPS) is 11.0. The fourth-order valence-electron chi connectivity index (χ4n) is 1.69. The van der Waals surface area contributed by atoms with E-state index in [4.69, 9.17) is 0 Å². The molecule has 0 saturated heterocycles. The van der Waals surface area contributed by atoms with Crippen molar-refractivity contribution >= 4 is 45.2 Å². The number of hydrogen-bond donors (Lipinski definition) is 2. The Bertz CT molecular complexity index is 894. The molecule has 0 aliphatic rings. The number of carbonyl (C=O) groups excluding carboxylic acids is 1. The smallest absolute Gasteiger partial charge is 0.411 e. The summed E-state index contributed by atoms with van der Waals surface area (Å²) in [6.45, 7) is 0. The molecule has 0 atom stereocenters. The third-order valence-corrected chi connectivity index (χ3v) is 3.47. The van der Waals surface area contributed by atoms with Crippen LogP contribution in [-0.2, 0) is 4.74 Å². The molecule has 3 aromatic rings. The molecule has 23 heavy (non-hydrogen) atoms. The third kappa shape index (κ3) is 3.21. The van der Waals surface area contributed by atoms with Crippen molar-refractivity contribution < 1.29 is 14.6 Å². The highest BCUT2D eigenvalue weighted by Gasteiger charge is 2.09. The zero-order valence-corrected chi connectivity index (χ0v) is 12.6. The van der Waals surface area contributed by atoms with E-state index in [9.17, 15) is 9.90 Å². The molecule has 2 aromatic heterocycles. The molecule has 0 bridgehead atoms. The van der Waals surface area contributed by atoms with Crippen molar-refractivity contribution in [3.05, 3.63) is 30.6 Å². The highest BCUT2D eigenvalue weighted by Crippen LogP contribution is 2.32. The molecule has 0 spiro atoms. The molecule has 0 fully saturated rings. The summed E-state index contributed by atoms with van der Waals surface area (Å²) in [7, 11) is 1.23. The molecule has 0 radical (unpaired) electrons. The average Bonchev–Trinajstić information content (AvgIpc) is 2.98. The zero-order valence-electron chi connectivity index (χ0n) is 11.8. The maximum absolute atomic E-state index is 11.2. The molecule has 3 rings (SSSR count). The van der Waals surface area contributed by atoms with Gasteiger partial charge in [-0.2, -0.15) is 4.37 Å². The number of hydrogen-bond acceptors (Lipinski definition) is 9. The lowest BCUT2D eigenvalue weighted by Gasteiger charge is -2.06. The van der Waals surface area contributed by atoms with Crippen LogP contribution in [0.4, 0.5) is 21.2 Å². The van der Waals surface area contributed by atoms with E-state index in [1.807, 2.05) is 0 Å². The van der Waals surface area contributed by atoms with E-state index in [1.165, 1.54) is 19.2 Å². The number of carbonyl (C=O) groups is 1. The largest absolute Gasteiger partial charge is 0.506 e. The van der Waals surface area contributed by atoms with Crippen LogP contribution in [0.3, 0.4) is 0 Å². The summed E-state index contributed by atoms with van der Waals surface area (Å²) in [5.41, 5.74) is 1.67. The fourth-order valence-corrected chi connectivity index (χ4v) is 2.31. The van der Waals surface area contributed by atoms with Crippen molar-refractivity contribution in [1.82, 2.24) is 14.3 Å². The average molecular weight is 330 g/mol. The van der Waals surface area contributed by atoms with Crippen LogP contribution in [0.15, 0.2) is 40.8 Å². The molecule has 0 aliphatic carbocycles. The minimum absolute atomic E-state index is 0.108. The lowest BCUT2D eigenvalue weighted by atomic mass is 10.2. The van der Waals surface area contributed by atoms with E-state index < -0.39 is 6.09 Å². The summed E-state index contributed by atoms with van der Waals surface area (Å²) >= 11 is 1.13. The highest BCUT2D eigenvalue weighted by molar-refractivity contribution is 7.11. The molecule has 0 saturated carbocycles. The number of aromatic nitrogens is 3. The number of amides is 1. The van der Waals surface area contributed by atoms with E-state index in [0.717, 1.165) is 11.5 Å². The first-order valence-electron chi connectivity index (χ1n) is 6.33. The minimum atomic E-state index is -0.696. The number of azo groups is 1. The highest BCUT2D eigenvalue weighted by atomic mass is 32.1. The van der Waals surface area contributed by atoms with E-state index in [-0.39, 0.29) is 11.4 Å². The Morgan fingerprint density at radius 3 is 2.96 bits per heavy atom. The second-order valence-electron chi connectivity index (χ2n) is 4.23. The quantitative estimate of drug-likeness (QED) is 0.560. The first-order valence-corrected chi connectivity index (χ1v) is 7.11. The number of phenolic OH excluding ortho intramolecular Hbond substituents is 1. The third-order valence-electron chi connectivity index (χ3n) is 2.76. The number of phenols is 1. The molecule has 2 heterocycles. The number of aromatic hydroxyl groups is 1. The van der Waals surface area contributed by atoms with Crippen molar-refractivity contribution in [2.45, 2.75) is 0 Å². The van der Waals surface area contributed by atoms with Crippen LogP contribution in [-0.4, -0.2) is 32.7 Å². The van der Waals surface area contributed by atoms with Crippen LogP contribution >= 0.6 is 11.5 Å². The summed E-state index contributed by atoms with van der Waals surface area (Å²) in [6.07, 6.45) is 2.40. The van der Waals surface area contributed by atoms with Gasteiger partial charge >= 0.3 is 6.09 Å². The van der Waals surface area contributed by atoms with Gasteiger partial charge in [0.2, 0.25) is 0 Å². The van der Waals surface area contributed by atoms with E-state index in [2.05, 4.69) is 34.6 Å².